The predicted molar refractivity (Wildman–Crippen MR) is 128 cm³/mol. The van der Waals surface area contributed by atoms with Crippen LogP contribution in [0, 0.1) is 5.92 Å². The van der Waals surface area contributed by atoms with Crippen molar-refractivity contribution in [2.45, 2.75) is 24.7 Å². The molecule has 0 unspecified atom stereocenters. The highest BCUT2D eigenvalue weighted by Gasteiger charge is 2.38. The van der Waals surface area contributed by atoms with Gasteiger partial charge in [0.1, 0.15) is 0 Å². The fourth-order valence-corrected chi connectivity index (χ4v) is 6.05. The van der Waals surface area contributed by atoms with E-state index in [1.54, 1.807) is 11.3 Å². The van der Waals surface area contributed by atoms with Gasteiger partial charge >= 0.3 is 0 Å². The Hall–Kier alpha value is -2.43. The molecule has 0 bridgehead atoms. The van der Waals surface area contributed by atoms with Crippen molar-refractivity contribution in [3.63, 3.8) is 0 Å². The Morgan fingerprint density at radius 1 is 0.839 bits per heavy atom. The van der Waals surface area contributed by atoms with Gasteiger partial charge in [-0.3, -0.25) is 4.79 Å². The number of carbonyl (C=O) groups is 1. The lowest BCUT2D eigenvalue weighted by Crippen LogP contribution is -2.38. The third-order valence-corrected chi connectivity index (χ3v) is 7.90. The van der Waals surface area contributed by atoms with Gasteiger partial charge in [-0.25, -0.2) is 0 Å². The van der Waals surface area contributed by atoms with Gasteiger partial charge < -0.3 is 9.80 Å². The normalized spacial score (nSPS) is 22.6. The van der Waals surface area contributed by atoms with E-state index >= 15 is 0 Å². The largest absolute Gasteiger partial charge is 0.337 e. The summed E-state index contributed by atoms with van der Waals surface area (Å²) < 4.78 is 0. The van der Waals surface area contributed by atoms with Gasteiger partial charge in [-0.15, -0.1) is 11.3 Å². The summed E-state index contributed by atoms with van der Waals surface area (Å²) in [5.41, 5.74) is 2.85. The van der Waals surface area contributed by atoms with Crippen molar-refractivity contribution in [2.75, 3.05) is 32.7 Å². The number of amides is 1. The van der Waals surface area contributed by atoms with Gasteiger partial charge in [-0.2, -0.15) is 0 Å². The Labute approximate surface area is 189 Å². The quantitative estimate of drug-likeness (QED) is 0.535. The van der Waals surface area contributed by atoms with E-state index in [0.29, 0.717) is 17.8 Å². The maximum absolute atomic E-state index is 13.0. The molecular weight excluding hydrogens is 400 g/mol. The number of hydrogen-bond donors (Lipinski definition) is 0. The maximum Gasteiger partial charge on any atom is 0.263 e. The Morgan fingerprint density at radius 3 is 2.16 bits per heavy atom. The van der Waals surface area contributed by atoms with E-state index in [2.05, 4.69) is 70.5 Å². The SMILES string of the molecule is O=C(c1cccs1)N1C[C@H](CN2CCC(c3ccccc3)CC2)[C@@H](c2ccccc2)C1. The van der Waals surface area contributed by atoms with Crippen LogP contribution in [0.5, 0.6) is 0 Å². The highest BCUT2D eigenvalue weighted by molar-refractivity contribution is 7.12. The van der Waals surface area contributed by atoms with Crippen LogP contribution in [0.1, 0.15) is 45.5 Å². The summed E-state index contributed by atoms with van der Waals surface area (Å²) in [6.45, 7) is 5.06. The third-order valence-electron chi connectivity index (χ3n) is 7.04. The molecule has 2 fully saturated rings. The summed E-state index contributed by atoms with van der Waals surface area (Å²) in [6, 6.07) is 25.7. The molecule has 3 aromatic rings. The van der Waals surface area contributed by atoms with Crippen LogP contribution in [-0.2, 0) is 0 Å². The van der Waals surface area contributed by atoms with Crippen molar-refractivity contribution in [3.05, 3.63) is 94.2 Å². The number of nitrogens with zero attached hydrogens (tertiary/aromatic N) is 2. The number of thiophene rings is 1. The minimum Gasteiger partial charge on any atom is -0.337 e. The second-order valence-corrected chi connectivity index (χ2v) is 9.90. The van der Waals surface area contributed by atoms with E-state index in [-0.39, 0.29) is 5.91 Å². The van der Waals surface area contributed by atoms with Crippen LogP contribution in [-0.4, -0.2) is 48.4 Å². The van der Waals surface area contributed by atoms with Crippen molar-refractivity contribution in [1.29, 1.82) is 0 Å². The molecular formula is C27H30N2OS. The minimum absolute atomic E-state index is 0.196. The van der Waals surface area contributed by atoms with Gasteiger partial charge in [-0.1, -0.05) is 66.7 Å². The molecule has 0 radical (unpaired) electrons. The van der Waals surface area contributed by atoms with E-state index in [1.165, 1.54) is 24.0 Å². The Morgan fingerprint density at radius 2 is 1.52 bits per heavy atom. The summed E-state index contributed by atoms with van der Waals surface area (Å²) >= 11 is 1.55. The Balaban J connectivity index is 1.27. The second kappa shape index (κ2) is 9.37. The first-order chi connectivity index (χ1) is 15.3. The van der Waals surface area contributed by atoms with Gasteiger partial charge in [0.2, 0.25) is 0 Å². The fraction of sp³-hybridized carbons (Fsp3) is 0.370. The molecule has 3 heterocycles. The van der Waals surface area contributed by atoms with E-state index in [9.17, 15) is 4.79 Å². The summed E-state index contributed by atoms with van der Waals surface area (Å²) in [4.78, 5) is 18.6. The Bertz CT molecular complexity index is 965. The molecule has 0 spiro atoms. The molecule has 0 N–H and O–H groups in total. The molecule has 2 aromatic carbocycles. The van der Waals surface area contributed by atoms with Crippen LogP contribution in [0.2, 0.25) is 0 Å². The first kappa shape index (κ1) is 20.5. The van der Waals surface area contributed by atoms with E-state index in [1.807, 2.05) is 17.5 Å². The van der Waals surface area contributed by atoms with Crippen molar-refractivity contribution in [1.82, 2.24) is 9.80 Å². The number of rotatable bonds is 5. The predicted octanol–water partition coefficient (Wildman–Crippen LogP) is 5.48. The molecule has 2 aliphatic heterocycles. The lowest BCUT2D eigenvalue weighted by Gasteiger charge is -2.34. The molecule has 4 heteroatoms. The zero-order valence-electron chi connectivity index (χ0n) is 17.9. The number of piperidine rings is 1. The van der Waals surface area contributed by atoms with Crippen LogP contribution in [0.25, 0.3) is 0 Å². The lowest BCUT2D eigenvalue weighted by atomic mass is 9.86. The highest BCUT2D eigenvalue weighted by Crippen LogP contribution is 2.36. The monoisotopic (exact) mass is 430 g/mol. The molecule has 2 aliphatic rings. The number of hydrogen-bond acceptors (Lipinski definition) is 3. The van der Waals surface area contributed by atoms with Gasteiger partial charge in [0.15, 0.2) is 0 Å². The Kier molecular flexibility index (Phi) is 6.19. The molecule has 5 rings (SSSR count). The number of carbonyl (C=O) groups excluding carboxylic acids is 1. The zero-order valence-corrected chi connectivity index (χ0v) is 18.7. The molecule has 160 valence electrons. The van der Waals surface area contributed by atoms with Crippen LogP contribution in [0.15, 0.2) is 78.2 Å². The third kappa shape index (κ3) is 4.60. The van der Waals surface area contributed by atoms with Gasteiger partial charge in [-0.05, 0) is 60.3 Å². The topological polar surface area (TPSA) is 23.6 Å². The number of benzene rings is 2. The van der Waals surface area contributed by atoms with Crippen molar-refractivity contribution < 1.29 is 4.79 Å². The van der Waals surface area contributed by atoms with Crippen LogP contribution in [0.3, 0.4) is 0 Å². The van der Waals surface area contributed by atoms with Crippen LogP contribution >= 0.6 is 11.3 Å². The molecule has 3 nitrogen and oxygen atoms in total. The van der Waals surface area contributed by atoms with Crippen LogP contribution in [0.4, 0.5) is 0 Å². The second-order valence-electron chi connectivity index (χ2n) is 8.95. The van der Waals surface area contributed by atoms with Crippen molar-refractivity contribution >= 4 is 17.2 Å². The summed E-state index contributed by atoms with van der Waals surface area (Å²) in [6.07, 6.45) is 2.45. The molecule has 2 saturated heterocycles. The zero-order chi connectivity index (χ0) is 21.0. The molecule has 31 heavy (non-hydrogen) atoms. The average molecular weight is 431 g/mol. The fourth-order valence-electron chi connectivity index (χ4n) is 5.36. The van der Waals surface area contributed by atoms with Crippen LogP contribution < -0.4 is 0 Å². The van der Waals surface area contributed by atoms with Gasteiger partial charge in [0.05, 0.1) is 4.88 Å². The molecule has 1 amide bonds. The van der Waals surface area contributed by atoms with Crippen molar-refractivity contribution in [3.8, 4) is 0 Å². The minimum atomic E-state index is 0.196. The van der Waals surface area contributed by atoms with Gasteiger partial charge in [0, 0.05) is 25.6 Å². The molecule has 0 saturated carbocycles. The summed E-state index contributed by atoms with van der Waals surface area (Å²) in [7, 11) is 0. The smallest absolute Gasteiger partial charge is 0.263 e. The maximum atomic E-state index is 13.0. The van der Waals surface area contributed by atoms with Crippen molar-refractivity contribution in [2.24, 2.45) is 5.92 Å². The lowest BCUT2D eigenvalue weighted by molar-refractivity contribution is 0.0786. The van der Waals surface area contributed by atoms with Gasteiger partial charge in [0.25, 0.3) is 5.91 Å². The summed E-state index contributed by atoms with van der Waals surface area (Å²) in [5.74, 6) is 1.78. The standard InChI is InChI=1S/C27H30N2OS/c30-27(26-12-7-17-31-26)29-19-24(25(20-29)23-10-5-2-6-11-23)18-28-15-13-22(14-16-28)21-8-3-1-4-9-21/h1-12,17,22,24-25H,13-16,18-20H2/t24-,25+/m0/s1. The average Bonchev–Trinajstić information content (AvgIpc) is 3.51. The summed E-state index contributed by atoms with van der Waals surface area (Å²) in [5, 5.41) is 1.99. The first-order valence-corrected chi connectivity index (χ1v) is 12.3. The molecule has 2 atom stereocenters. The number of likely N-dealkylation sites (tertiary alicyclic amines) is 2. The van der Waals surface area contributed by atoms with E-state index in [0.717, 1.165) is 37.6 Å². The van der Waals surface area contributed by atoms with E-state index < -0.39 is 0 Å². The highest BCUT2D eigenvalue weighted by atomic mass is 32.1. The first-order valence-electron chi connectivity index (χ1n) is 11.4. The molecule has 1 aromatic heterocycles. The van der Waals surface area contributed by atoms with E-state index in [4.69, 9.17) is 0 Å². The molecule has 0 aliphatic carbocycles.